The number of halogens is 1. The van der Waals surface area contributed by atoms with Gasteiger partial charge in [0.25, 0.3) is 0 Å². The Hall–Kier alpha value is -1.33. The summed E-state index contributed by atoms with van der Waals surface area (Å²) in [5.74, 6) is 1.35. The van der Waals surface area contributed by atoms with E-state index in [2.05, 4.69) is 32.2 Å². The molecule has 3 aromatic rings. The number of aromatic nitrogens is 4. The molecule has 0 fully saturated rings. The molecule has 0 saturated carbocycles. The first kappa shape index (κ1) is 12.7. The molecule has 0 radical (unpaired) electrons. The Morgan fingerprint density at radius 1 is 1.42 bits per heavy atom. The van der Waals surface area contributed by atoms with Gasteiger partial charge in [0.2, 0.25) is 0 Å². The van der Waals surface area contributed by atoms with Crippen LogP contribution >= 0.6 is 22.9 Å². The monoisotopic (exact) mass is 294 g/mol. The number of nitrogens with zero attached hydrogens (tertiary/aromatic N) is 4. The predicted molar refractivity (Wildman–Crippen MR) is 78.8 cm³/mol. The van der Waals surface area contributed by atoms with E-state index >= 15 is 0 Å². The second kappa shape index (κ2) is 4.98. The molecule has 19 heavy (non-hydrogen) atoms. The molecular weight excluding hydrogens is 280 g/mol. The second-order valence-electron chi connectivity index (χ2n) is 4.52. The molecule has 0 amide bonds. The largest absolute Gasteiger partial charge is 0.312 e. The molecule has 0 aliphatic rings. The number of thiophene rings is 1. The number of hydrogen-bond acceptors (Lipinski definition) is 3. The fraction of sp³-hybridized carbons (Fsp3) is 0.385. The number of alkyl halides is 1. The molecule has 4 nitrogen and oxygen atoms in total. The van der Waals surface area contributed by atoms with Gasteiger partial charge in [0.1, 0.15) is 11.3 Å². The van der Waals surface area contributed by atoms with Crippen LogP contribution in [0.4, 0.5) is 0 Å². The first-order chi connectivity index (χ1) is 9.20. The molecule has 3 rings (SSSR count). The summed E-state index contributed by atoms with van der Waals surface area (Å²) < 4.78 is 4.07. The van der Waals surface area contributed by atoms with Crippen LogP contribution in [-0.2, 0) is 25.9 Å². The summed E-state index contributed by atoms with van der Waals surface area (Å²) in [6.45, 7) is 2.87. The van der Waals surface area contributed by atoms with Gasteiger partial charge in [-0.25, -0.2) is 4.98 Å². The summed E-state index contributed by atoms with van der Waals surface area (Å²) in [4.78, 5) is 5.98. The van der Waals surface area contributed by atoms with E-state index in [9.17, 15) is 0 Å². The van der Waals surface area contributed by atoms with Gasteiger partial charge in [0.15, 0.2) is 5.65 Å². The summed E-state index contributed by atoms with van der Waals surface area (Å²) in [7, 11) is 1.96. The number of imidazole rings is 1. The lowest BCUT2D eigenvalue weighted by molar-refractivity contribution is 0.654. The predicted octanol–water partition coefficient (Wildman–Crippen LogP) is 3.12. The van der Waals surface area contributed by atoms with Gasteiger partial charge in [-0.05, 0) is 24.8 Å². The van der Waals surface area contributed by atoms with Crippen LogP contribution in [0, 0.1) is 6.92 Å². The van der Waals surface area contributed by atoms with Gasteiger partial charge in [0, 0.05) is 18.5 Å². The minimum Gasteiger partial charge on any atom is -0.312 e. The molecule has 3 heterocycles. The van der Waals surface area contributed by atoms with Crippen LogP contribution in [0.2, 0.25) is 0 Å². The average Bonchev–Trinajstić information content (AvgIpc) is 3.07. The lowest BCUT2D eigenvalue weighted by Gasteiger charge is -2.07. The Morgan fingerprint density at radius 2 is 2.26 bits per heavy atom. The number of rotatable bonds is 4. The minimum atomic E-state index is 0.429. The van der Waals surface area contributed by atoms with E-state index < -0.39 is 0 Å². The normalized spacial score (nSPS) is 11.5. The fourth-order valence-corrected chi connectivity index (χ4v) is 3.30. The Labute approximate surface area is 120 Å². The Bertz CT molecular complexity index is 696. The van der Waals surface area contributed by atoms with Crippen molar-refractivity contribution in [3.63, 3.8) is 0 Å². The smallest absolute Gasteiger partial charge is 0.158 e. The molecule has 3 aromatic heterocycles. The number of fused-ring (bicyclic) bond motifs is 1. The van der Waals surface area contributed by atoms with Crippen molar-refractivity contribution in [1.29, 1.82) is 0 Å². The fourth-order valence-electron chi connectivity index (χ4n) is 2.39. The third-order valence-corrected chi connectivity index (χ3v) is 4.43. The van der Waals surface area contributed by atoms with Crippen LogP contribution < -0.4 is 0 Å². The van der Waals surface area contributed by atoms with Crippen molar-refractivity contribution in [2.75, 3.05) is 0 Å². The van der Waals surface area contributed by atoms with Crippen molar-refractivity contribution in [3.8, 4) is 0 Å². The van der Waals surface area contributed by atoms with Crippen LogP contribution in [0.25, 0.3) is 11.2 Å². The Morgan fingerprint density at radius 3 is 2.95 bits per heavy atom. The van der Waals surface area contributed by atoms with Crippen molar-refractivity contribution in [3.05, 3.63) is 33.9 Å². The molecule has 6 heteroatoms. The van der Waals surface area contributed by atoms with E-state index in [1.807, 2.05) is 18.7 Å². The highest BCUT2D eigenvalue weighted by atomic mass is 35.5. The number of hydrogen-bond donors (Lipinski definition) is 0. The summed E-state index contributed by atoms with van der Waals surface area (Å²) >= 11 is 7.80. The third-order valence-electron chi connectivity index (χ3n) is 3.25. The maximum absolute atomic E-state index is 6.02. The molecule has 0 saturated heterocycles. The van der Waals surface area contributed by atoms with Gasteiger partial charge in [-0.1, -0.05) is 6.07 Å². The zero-order valence-electron chi connectivity index (χ0n) is 10.9. The molecule has 0 bridgehead atoms. The highest BCUT2D eigenvalue weighted by molar-refractivity contribution is 7.09. The van der Waals surface area contributed by atoms with Crippen LogP contribution in [0.1, 0.15) is 16.4 Å². The standard InChI is InChI=1S/C13H15ClN4S/c1-9-12-13(17(2)16-9)18(11(8-14)15-12)6-5-10-4-3-7-19-10/h3-4,7H,5-6,8H2,1-2H3. The van der Waals surface area contributed by atoms with E-state index in [4.69, 9.17) is 11.6 Å². The zero-order chi connectivity index (χ0) is 13.4. The minimum absolute atomic E-state index is 0.429. The maximum Gasteiger partial charge on any atom is 0.158 e. The third kappa shape index (κ3) is 2.17. The van der Waals surface area contributed by atoms with Crippen molar-refractivity contribution >= 4 is 34.1 Å². The van der Waals surface area contributed by atoms with E-state index in [0.29, 0.717) is 5.88 Å². The zero-order valence-corrected chi connectivity index (χ0v) is 12.5. The first-order valence-electron chi connectivity index (χ1n) is 6.17. The molecule has 0 atom stereocenters. The van der Waals surface area contributed by atoms with Crippen molar-refractivity contribution in [1.82, 2.24) is 19.3 Å². The molecule has 100 valence electrons. The van der Waals surface area contributed by atoms with Crippen LogP contribution in [0.3, 0.4) is 0 Å². The maximum atomic E-state index is 6.02. The average molecular weight is 295 g/mol. The van der Waals surface area contributed by atoms with Gasteiger partial charge in [0.05, 0.1) is 11.6 Å². The van der Waals surface area contributed by atoms with Gasteiger partial charge in [-0.3, -0.25) is 4.68 Å². The Balaban J connectivity index is 2.00. The SMILES string of the molecule is Cc1nn(C)c2c1nc(CCl)n2CCc1cccs1. The molecule has 0 aliphatic carbocycles. The molecule has 0 aliphatic heterocycles. The van der Waals surface area contributed by atoms with Crippen LogP contribution in [-0.4, -0.2) is 19.3 Å². The van der Waals surface area contributed by atoms with Crippen molar-refractivity contribution in [2.24, 2.45) is 7.05 Å². The van der Waals surface area contributed by atoms with E-state index in [1.54, 1.807) is 11.3 Å². The molecule has 0 aromatic carbocycles. The van der Waals surface area contributed by atoms with Gasteiger partial charge in [-0.2, -0.15) is 5.10 Å². The molecule has 0 spiro atoms. The van der Waals surface area contributed by atoms with Crippen molar-refractivity contribution < 1.29 is 0 Å². The lowest BCUT2D eigenvalue weighted by atomic mass is 10.3. The molecule has 0 unspecified atom stereocenters. The van der Waals surface area contributed by atoms with E-state index in [0.717, 1.165) is 35.6 Å². The highest BCUT2D eigenvalue weighted by Gasteiger charge is 2.16. The van der Waals surface area contributed by atoms with Crippen LogP contribution in [0.5, 0.6) is 0 Å². The lowest BCUT2D eigenvalue weighted by Crippen LogP contribution is -2.08. The second-order valence-corrected chi connectivity index (χ2v) is 5.82. The van der Waals surface area contributed by atoms with E-state index in [1.165, 1.54) is 4.88 Å². The van der Waals surface area contributed by atoms with Gasteiger partial charge in [-0.15, -0.1) is 22.9 Å². The van der Waals surface area contributed by atoms with E-state index in [-0.39, 0.29) is 0 Å². The summed E-state index contributed by atoms with van der Waals surface area (Å²) in [5, 5.41) is 6.53. The van der Waals surface area contributed by atoms with Gasteiger partial charge >= 0.3 is 0 Å². The Kier molecular flexibility index (Phi) is 3.33. The number of aryl methyl sites for hydroxylation is 4. The topological polar surface area (TPSA) is 35.6 Å². The summed E-state index contributed by atoms with van der Waals surface area (Å²) in [6.07, 6.45) is 0.997. The quantitative estimate of drug-likeness (QED) is 0.693. The summed E-state index contributed by atoms with van der Waals surface area (Å²) in [5.41, 5.74) is 2.98. The summed E-state index contributed by atoms with van der Waals surface area (Å²) in [6, 6.07) is 4.24. The molecular formula is C13H15ClN4S. The first-order valence-corrected chi connectivity index (χ1v) is 7.59. The molecule has 0 N–H and O–H groups in total. The van der Waals surface area contributed by atoms with Crippen molar-refractivity contribution in [2.45, 2.75) is 25.8 Å². The highest BCUT2D eigenvalue weighted by Crippen LogP contribution is 2.21. The van der Waals surface area contributed by atoms with Gasteiger partial charge < -0.3 is 4.57 Å². The van der Waals surface area contributed by atoms with Crippen LogP contribution in [0.15, 0.2) is 17.5 Å².